The number of benzene rings is 2. The topological polar surface area (TPSA) is 156 Å². The first-order valence-electron chi connectivity index (χ1n) is 15.4. The van der Waals surface area contributed by atoms with Crippen LogP contribution in [0.2, 0.25) is 19.6 Å². The lowest BCUT2D eigenvalue weighted by Gasteiger charge is -2.48. The number of hydrogen-bond acceptors (Lipinski definition) is 12. The van der Waals surface area contributed by atoms with Crippen molar-refractivity contribution in [2.24, 2.45) is 11.8 Å². The first-order valence-corrected chi connectivity index (χ1v) is 20.8. The van der Waals surface area contributed by atoms with E-state index in [-0.39, 0.29) is 40.0 Å². The molecule has 3 heterocycles. The molecule has 0 aliphatic carbocycles. The molecule has 2 amide bonds. The number of ether oxygens (including phenoxy) is 2. The van der Waals surface area contributed by atoms with Crippen LogP contribution in [-0.4, -0.2) is 67.7 Å². The van der Waals surface area contributed by atoms with E-state index in [1.54, 1.807) is 67.6 Å². The number of phosphoric ester groups is 1. The van der Waals surface area contributed by atoms with Gasteiger partial charge in [-0.05, 0) is 50.8 Å². The van der Waals surface area contributed by atoms with Crippen LogP contribution in [0.25, 0.3) is 0 Å². The van der Waals surface area contributed by atoms with Crippen molar-refractivity contribution in [2.45, 2.75) is 64.2 Å². The van der Waals surface area contributed by atoms with Crippen LogP contribution in [0.3, 0.4) is 0 Å². The van der Waals surface area contributed by atoms with Crippen LogP contribution in [0, 0.1) is 11.8 Å². The Labute approximate surface area is 286 Å². The third-order valence-electron chi connectivity index (χ3n) is 7.37. The van der Waals surface area contributed by atoms with Crippen molar-refractivity contribution in [3.05, 3.63) is 72.1 Å². The molecule has 13 nitrogen and oxygen atoms in total. The number of thiol groups is 1. The number of carbonyl (C=O) groups is 4. The fourth-order valence-corrected chi connectivity index (χ4v) is 8.36. The first-order chi connectivity index (χ1) is 22.6. The number of β-lactam (4-membered cyclic amide) rings is 1. The average Bonchev–Trinajstić information content (AvgIpc) is 3.49. The number of carbonyl (C=O) groups excluding carboxylic acids is 4. The van der Waals surface area contributed by atoms with E-state index in [1.807, 2.05) is 26.6 Å². The quantitative estimate of drug-likeness (QED) is 0.0755. The molecule has 0 radical (unpaired) electrons. The zero-order valence-electron chi connectivity index (χ0n) is 27.6. The molecule has 1 N–H and O–H groups in total. The van der Waals surface area contributed by atoms with E-state index < -0.39 is 58.9 Å². The van der Waals surface area contributed by atoms with Gasteiger partial charge in [-0.15, -0.1) is 0 Å². The molecule has 2 aromatic rings. The Morgan fingerprint density at radius 3 is 1.98 bits per heavy atom. The third-order valence-corrected chi connectivity index (χ3v) is 10.1. The molecule has 2 fully saturated rings. The summed E-state index contributed by atoms with van der Waals surface area (Å²) in [7, 11) is -6.51. The van der Waals surface area contributed by atoms with Gasteiger partial charge in [0.25, 0.3) is 0 Å². The predicted molar refractivity (Wildman–Crippen MR) is 180 cm³/mol. The smallest absolute Gasteiger partial charge is 0.428 e. The fraction of sp³-hybridized carbons (Fsp3) is 0.438. The minimum absolute atomic E-state index is 0.103. The Morgan fingerprint density at radius 2 is 1.54 bits per heavy atom. The molecule has 2 saturated heterocycles. The van der Waals surface area contributed by atoms with Gasteiger partial charge in [-0.3, -0.25) is 19.3 Å². The Balaban J connectivity index is 0.000000659. The number of para-hydroxylation sites is 2. The van der Waals surface area contributed by atoms with Gasteiger partial charge in [-0.1, -0.05) is 43.3 Å². The van der Waals surface area contributed by atoms with Crippen molar-refractivity contribution in [1.29, 1.82) is 0 Å². The zero-order chi connectivity index (χ0) is 35.2. The molecule has 0 aromatic heterocycles. The second-order valence-corrected chi connectivity index (χ2v) is 19.0. The highest BCUT2D eigenvalue weighted by Crippen LogP contribution is 2.57. The van der Waals surface area contributed by atoms with Gasteiger partial charge >= 0.3 is 19.8 Å². The summed E-state index contributed by atoms with van der Waals surface area (Å²) in [4.78, 5) is 49.5. The van der Waals surface area contributed by atoms with Crippen LogP contribution < -0.4 is 14.4 Å². The van der Waals surface area contributed by atoms with E-state index in [2.05, 4.69) is 17.9 Å². The Hall–Kier alpha value is -3.78. The van der Waals surface area contributed by atoms with Gasteiger partial charge in [-0.25, -0.2) is 4.79 Å². The van der Waals surface area contributed by atoms with Crippen molar-refractivity contribution in [1.82, 2.24) is 10.2 Å². The van der Waals surface area contributed by atoms with Gasteiger partial charge < -0.3 is 32.8 Å². The van der Waals surface area contributed by atoms with Gasteiger partial charge in [0, 0.05) is 31.1 Å². The van der Waals surface area contributed by atoms with Gasteiger partial charge in [0.1, 0.15) is 17.3 Å². The van der Waals surface area contributed by atoms with Gasteiger partial charge in [-0.2, -0.15) is 17.2 Å². The molecular weight excluding hydrogens is 679 g/mol. The van der Waals surface area contributed by atoms with E-state index in [9.17, 15) is 23.7 Å². The number of nitrogens with zero attached hydrogens (tertiary/aromatic N) is 1. The highest BCUT2D eigenvalue weighted by Gasteiger charge is 2.62. The summed E-state index contributed by atoms with van der Waals surface area (Å²) in [5.41, 5.74) is -0.260. The normalized spacial score (nSPS) is 22.4. The number of fused-ring (bicyclic) bond motifs is 1. The maximum Gasteiger partial charge on any atom is 0.646 e. The summed E-state index contributed by atoms with van der Waals surface area (Å²) in [5, 5.41) is 2.91. The second-order valence-electron chi connectivity index (χ2n) is 12.4. The largest absolute Gasteiger partial charge is 0.646 e. The predicted octanol–water partition coefficient (Wildman–Crippen LogP) is 5.07. The van der Waals surface area contributed by atoms with Crippen LogP contribution in [0.5, 0.6) is 11.5 Å². The SMILES string of the molecule is CC(=O)OCOC(=O)C1=C(OP(=O)(Oc2ccccc2)Oc2ccccc2)[C@H](C)[C@@H]2[C@@H]([C@@H](C)O[Si](C)(C)C)C(=O)N12.O=C1C[C@@H](S)CN1. The maximum absolute atomic E-state index is 14.2. The standard InChI is InChI=1S/C28H34NO10PSi.C4H7NOS/c1-18-24-23(19(2)39-41(4,5)6)27(31)29(24)25(28(32)35-17-34-20(3)30)26(18)38-40(33,36-21-13-9-7-10-14-21)37-22-15-11-8-12-16-22;6-4-1-3(7)2-5-4/h7-16,18-19,23-24H,17H2,1-6H3;3,7H,1-2H2,(H,5,6)/t18-,19-,23-,24-;3-/m11/s1. The highest BCUT2D eigenvalue weighted by molar-refractivity contribution is 7.81. The van der Waals surface area contributed by atoms with Gasteiger partial charge in [0.2, 0.25) is 18.6 Å². The number of amides is 2. The molecule has 5 atom stereocenters. The number of rotatable bonds is 12. The summed E-state index contributed by atoms with van der Waals surface area (Å²) in [5.74, 6) is -2.80. The van der Waals surface area contributed by atoms with Crippen LogP contribution in [0.4, 0.5) is 0 Å². The van der Waals surface area contributed by atoms with E-state index in [4.69, 9.17) is 27.5 Å². The molecule has 0 spiro atoms. The lowest BCUT2D eigenvalue weighted by molar-refractivity contribution is -0.170. The number of nitrogens with one attached hydrogen (secondary N) is 1. The van der Waals surface area contributed by atoms with Crippen LogP contribution in [0.1, 0.15) is 27.2 Å². The van der Waals surface area contributed by atoms with Crippen molar-refractivity contribution in [3.8, 4) is 11.5 Å². The summed E-state index contributed by atoms with van der Waals surface area (Å²) in [6.45, 7) is 10.9. The second kappa shape index (κ2) is 15.6. The van der Waals surface area contributed by atoms with Gasteiger partial charge in [0.05, 0.1) is 18.1 Å². The van der Waals surface area contributed by atoms with Gasteiger partial charge in [0.15, 0.2) is 14.0 Å². The summed E-state index contributed by atoms with van der Waals surface area (Å²) in [6.07, 6.45) is 0.145. The molecule has 0 bridgehead atoms. The molecule has 2 aromatic carbocycles. The van der Waals surface area contributed by atoms with Crippen molar-refractivity contribution in [2.75, 3.05) is 13.3 Å². The number of hydrogen-bond donors (Lipinski definition) is 2. The number of esters is 2. The molecule has 3 aliphatic heterocycles. The summed E-state index contributed by atoms with van der Waals surface area (Å²) in [6, 6.07) is 16.0. The van der Waals surface area contributed by atoms with Crippen LogP contribution >= 0.6 is 20.5 Å². The zero-order valence-corrected chi connectivity index (χ0v) is 30.4. The minimum Gasteiger partial charge on any atom is -0.428 e. The molecule has 260 valence electrons. The molecule has 0 saturated carbocycles. The third kappa shape index (κ3) is 9.43. The Kier molecular flexibility index (Phi) is 12.1. The minimum atomic E-state index is -4.50. The monoisotopic (exact) mass is 720 g/mol. The molecule has 0 unspecified atom stereocenters. The van der Waals surface area contributed by atoms with E-state index in [0.29, 0.717) is 6.42 Å². The van der Waals surface area contributed by atoms with E-state index in [1.165, 1.54) is 4.90 Å². The summed E-state index contributed by atoms with van der Waals surface area (Å²) >= 11 is 4.07. The lowest BCUT2D eigenvalue weighted by atomic mass is 9.79. The van der Waals surface area contributed by atoms with E-state index >= 15 is 0 Å². The van der Waals surface area contributed by atoms with Crippen LogP contribution in [-0.2, 0) is 42.2 Å². The molecule has 5 rings (SSSR count). The average molecular weight is 721 g/mol. The van der Waals surface area contributed by atoms with Crippen molar-refractivity contribution < 1.29 is 51.2 Å². The van der Waals surface area contributed by atoms with Crippen molar-refractivity contribution in [3.63, 3.8) is 0 Å². The molecule has 48 heavy (non-hydrogen) atoms. The van der Waals surface area contributed by atoms with Crippen LogP contribution in [0.15, 0.2) is 72.1 Å². The molecular formula is C32H41N2O11PSSi. The highest BCUT2D eigenvalue weighted by atomic mass is 32.1. The molecule has 3 aliphatic rings. The fourth-order valence-electron chi connectivity index (χ4n) is 5.47. The lowest BCUT2D eigenvalue weighted by Crippen LogP contribution is -2.64. The summed E-state index contributed by atoms with van der Waals surface area (Å²) < 4.78 is 47.8. The molecule has 16 heteroatoms. The first kappa shape index (κ1) is 37.0. The Bertz CT molecular complexity index is 1530. The maximum atomic E-state index is 14.2. The Morgan fingerprint density at radius 1 is 0.979 bits per heavy atom. The van der Waals surface area contributed by atoms with E-state index in [0.717, 1.165) is 13.5 Å². The number of phosphoric acid groups is 1. The van der Waals surface area contributed by atoms with Crippen molar-refractivity contribution >= 4 is 52.5 Å².